The van der Waals surface area contributed by atoms with Crippen LogP contribution in [0, 0.1) is 0 Å². The van der Waals surface area contributed by atoms with Crippen molar-refractivity contribution in [1.82, 2.24) is 4.90 Å². The van der Waals surface area contributed by atoms with Crippen molar-refractivity contribution in [1.29, 1.82) is 0 Å². The van der Waals surface area contributed by atoms with Gasteiger partial charge >= 0.3 is 5.97 Å². The number of carboxylic acid groups (broad SMARTS) is 1. The predicted molar refractivity (Wildman–Crippen MR) is 119 cm³/mol. The maximum Gasteiger partial charge on any atom is 0.305 e. The summed E-state index contributed by atoms with van der Waals surface area (Å²) in [5.41, 5.74) is 2.32. The molecule has 2 amide bonds. The molecule has 0 unspecified atom stereocenters. The molecule has 4 rings (SSSR count). The van der Waals surface area contributed by atoms with E-state index in [1.165, 1.54) is 0 Å². The van der Waals surface area contributed by atoms with Gasteiger partial charge in [0.05, 0.1) is 12.5 Å². The highest BCUT2D eigenvalue weighted by atomic mass is 16.4. The molecule has 2 atom stereocenters. The van der Waals surface area contributed by atoms with E-state index in [-0.39, 0.29) is 5.91 Å². The van der Waals surface area contributed by atoms with Crippen molar-refractivity contribution in [3.05, 3.63) is 77.9 Å². The molecule has 0 radical (unpaired) electrons. The Morgan fingerprint density at radius 2 is 1.72 bits per heavy atom. The van der Waals surface area contributed by atoms with Crippen molar-refractivity contribution >= 4 is 41.0 Å². The summed E-state index contributed by atoms with van der Waals surface area (Å²) in [5, 5.41) is 10.9. The molecule has 162 valence electrons. The van der Waals surface area contributed by atoms with Gasteiger partial charge in [0, 0.05) is 12.2 Å². The van der Waals surface area contributed by atoms with Gasteiger partial charge in [-0.1, -0.05) is 60.7 Å². The quantitative estimate of drug-likeness (QED) is 0.555. The van der Waals surface area contributed by atoms with Crippen molar-refractivity contribution in [2.24, 2.45) is 0 Å². The highest BCUT2D eigenvalue weighted by Gasteiger charge is 2.38. The van der Waals surface area contributed by atoms with Crippen LogP contribution in [0.15, 0.2) is 66.7 Å². The standard InChI is InChI=1S/C25H22N2O5/c28-15-19(14-23(30)31)27(16-29)24(21-10-5-8-17-6-1-3-9-20(17)21)25(32)26-13-12-18-7-2-4-11-22(18)26/h1-11,15-16,19,24H,12-14H2,(H,30,31)/t19-,24-/m0/s1. The Kier molecular flexibility index (Phi) is 5.98. The number of carboxylic acids is 1. The smallest absolute Gasteiger partial charge is 0.305 e. The van der Waals surface area contributed by atoms with Gasteiger partial charge in [0.2, 0.25) is 6.41 Å². The fourth-order valence-electron chi connectivity index (χ4n) is 4.36. The molecule has 32 heavy (non-hydrogen) atoms. The minimum atomic E-state index is -1.28. The first-order valence-corrected chi connectivity index (χ1v) is 10.3. The topological polar surface area (TPSA) is 95.0 Å². The molecule has 3 aromatic carbocycles. The van der Waals surface area contributed by atoms with Crippen molar-refractivity contribution < 1.29 is 24.3 Å². The first kappa shape index (κ1) is 21.2. The van der Waals surface area contributed by atoms with E-state index in [0.29, 0.717) is 31.2 Å². The van der Waals surface area contributed by atoms with Crippen LogP contribution in [0.3, 0.4) is 0 Å². The highest BCUT2D eigenvalue weighted by molar-refractivity contribution is 6.03. The molecule has 7 heteroatoms. The Morgan fingerprint density at radius 1 is 1.00 bits per heavy atom. The van der Waals surface area contributed by atoms with Crippen LogP contribution >= 0.6 is 0 Å². The molecule has 0 saturated carbocycles. The number of anilines is 1. The zero-order valence-electron chi connectivity index (χ0n) is 17.3. The molecule has 0 spiro atoms. The summed E-state index contributed by atoms with van der Waals surface area (Å²) in [7, 11) is 0. The second-order valence-corrected chi connectivity index (χ2v) is 7.69. The van der Waals surface area contributed by atoms with E-state index in [4.69, 9.17) is 0 Å². The van der Waals surface area contributed by atoms with Gasteiger partial charge in [0.1, 0.15) is 12.3 Å². The second kappa shape index (κ2) is 9.01. The number of rotatable bonds is 8. The van der Waals surface area contributed by atoms with E-state index in [1.807, 2.05) is 54.6 Å². The number of carbonyl (C=O) groups is 4. The van der Waals surface area contributed by atoms with Crippen LogP contribution in [0.2, 0.25) is 0 Å². The third-order valence-corrected chi connectivity index (χ3v) is 5.85. The summed E-state index contributed by atoms with van der Waals surface area (Å²) < 4.78 is 0. The van der Waals surface area contributed by atoms with E-state index in [1.54, 1.807) is 17.0 Å². The van der Waals surface area contributed by atoms with Crippen LogP contribution in [-0.4, -0.2) is 47.2 Å². The SMILES string of the molecule is O=C[C@H](CC(=O)O)N(C=O)[C@H](C(=O)N1CCc2ccccc21)c1cccc2ccccc12. The van der Waals surface area contributed by atoms with Gasteiger partial charge in [-0.2, -0.15) is 0 Å². The number of para-hydroxylation sites is 1. The van der Waals surface area contributed by atoms with Crippen LogP contribution in [0.4, 0.5) is 5.69 Å². The molecule has 1 N–H and O–H groups in total. The molecule has 0 aromatic heterocycles. The van der Waals surface area contributed by atoms with E-state index >= 15 is 0 Å². The molecular weight excluding hydrogens is 408 g/mol. The highest BCUT2D eigenvalue weighted by Crippen LogP contribution is 2.35. The lowest BCUT2D eigenvalue weighted by atomic mass is 9.95. The average Bonchev–Trinajstić information content (AvgIpc) is 3.25. The molecule has 0 fully saturated rings. The van der Waals surface area contributed by atoms with E-state index in [2.05, 4.69) is 0 Å². The fraction of sp³-hybridized carbons (Fsp3) is 0.200. The molecule has 0 saturated heterocycles. The molecular formula is C25H22N2O5. The maximum absolute atomic E-state index is 13.9. The molecule has 1 heterocycles. The van der Waals surface area contributed by atoms with Gasteiger partial charge in [-0.3, -0.25) is 14.4 Å². The van der Waals surface area contributed by atoms with Crippen molar-refractivity contribution in [3.63, 3.8) is 0 Å². The molecule has 0 aliphatic carbocycles. The average molecular weight is 430 g/mol. The first-order chi connectivity index (χ1) is 15.5. The Balaban J connectivity index is 1.86. The Hall–Kier alpha value is -4.00. The number of fused-ring (bicyclic) bond motifs is 2. The van der Waals surface area contributed by atoms with Gasteiger partial charge < -0.3 is 19.7 Å². The molecule has 1 aliphatic heterocycles. The number of nitrogens with zero attached hydrogens (tertiary/aromatic N) is 2. The van der Waals surface area contributed by atoms with E-state index in [9.17, 15) is 24.3 Å². The van der Waals surface area contributed by atoms with Crippen LogP contribution in [0.1, 0.15) is 23.6 Å². The number of hydrogen-bond acceptors (Lipinski definition) is 4. The number of amides is 2. The van der Waals surface area contributed by atoms with Crippen molar-refractivity contribution in [3.8, 4) is 0 Å². The third kappa shape index (κ3) is 3.85. The number of carbonyl (C=O) groups excluding carboxylic acids is 3. The largest absolute Gasteiger partial charge is 0.481 e. The number of hydrogen-bond donors (Lipinski definition) is 1. The summed E-state index contributed by atoms with van der Waals surface area (Å²) >= 11 is 0. The molecule has 1 aliphatic rings. The first-order valence-electron chi connectivity index (χ1n) is 10.3. The Labute approximate surface area is 184 Å². The minimum absolute atomic E-state index is 0.379. The van der Waals surface area contributed by atoms with Crippen molar-refractivity contribution in [2.75, 3.05) is 11.4 Å². The zero-order chi connectivity index (χ0) is 22.7. The summed E-state index contributed by atoms with van der Waals surface area (Å²) in [6.45, 7) is 0.441. The van der Waals surface area contributed by atoms with E-state index < -0.39 is 24.5 Å². The fourth-order valence-corrected chi connectivity index (χ4v) is 4.36. The lowest BCUT2D eigenvalue weighted by molar-refractivity contribution is -0.143. The lowest BCUT2D eigenvalue weighted by Gasteiger charge is -2.34. The second-order valence-electron chi connectivity index (χ2n) is 7.69. The Morgan fingerprint density at radius 3 is 2.47 bits per heavy atom. The Bertz CT molecular complexity index is 1190. The van der Waals surface area contributed by atoms with Crippen LogP contribution in [0.25, 0.3) is 10.8 Å². The maximum atomic E-state index is 13.9. The number of aldehydes is 1. The van der Waals surface area contributed by atoms with Crippen LogP contribution in [0.5, 0.6) is 0 Å². The van der Waals surface area contributed by atoms with Gasteiger partial charge in [0.15, 0.2) is 0 Å². The summed E-state index contributed by atoms with van der Waals surface area (Å²) in [4.78, 5) is 51.9. The van der Waals surface area contributed by atoms with Crippen molar-refractivity contribution in [2.45, 2.75) is 24.9 Å². The zero-order valence-corrected chi connectivity index (χ0v) is 17.3. The lowest BCUT2D eigenvalue weighted by Crippen LogP contribution is -2.47. The van der Waals surface area contributed by atoms with E-state index in [0.717, 1.165) is 26.9 Å². The summed E-state index contributed by atoms with van der Waals surface area (Å²) in [6, 6.07) is 18.0. The van der Waals surface area contributed by atoms with Gasteiger partial charge in [-0.15, -0.1) is 0 Å². The minimum Gasteiger partial charge on any atom is -0.481 e. The number of aliphatic carboxylic acids is 1. The summed E-state index contributed by atoms with van der Waals surface area (Å²) in [6.07, 6.45) is 0.894. The predicted octanol–water partition coefficient (Wildman–Crippen LogP) is 2.97. The summed E-state index contributed by atoms with van der Waals surface area (Å²) in [5.74, 6) is -1.61. The van der Waals surface area contributed by atoms with Gasteiger partial charge in [-0.05, 0) is 34.4 Å². The number of benzene rings is 3. The normalized spacial score (nSPS) is 14.4. The third-order valence-electron chi connectivity index (χ3n) is 5.85. The van der Waals surface area contributed by atoms with Crippen LogP contribution < -0.4 is 4.90 Å². The van der Waals surface area contributed by atoms with Gasteiger partial charge in [-0.25, -0.2) is 0 Å². The monoisotopic (exact) mass is 430 g/mol. The molecule has 0 bridgehead atoms. The van der Waals surface area contributed by atoms with Crippen LogP contribution in [-0.2, 0) is 25.6 Å². The molecule has 7 nitrogen and oxygen atoms in total. The van der Waals surface area contributed by atoms with Gasteiger partial charge in [0.25, 0.3) is 5.91 Å². The molecule has 3 aromatic rings.